The molecule has 21 N–H and O–H groups in total. The molecule has 0 amide bonds. The van der Waals surface area contributed by atoms with Gasteiger partial charge in [-0.1, -0.05) is 132 Å². The van der Waals surface area contributed by atoms with E-state index in [4.69, 9.17) is 19.9 Å². The highest BCUT2D eigenvalue weighted by molar-refractivity contribution is 5.69. The lowest BCUT2D eigenvalue weighted by Gasteiger charge is -2.41. The molecule has 1 fully saturated rings. The molecule has 0 aromatic rings. The molecule has 0 spiro atoms. The summed E-state index contributed by atoms with van der Waals surface area (Å²) in [6, 6.07) is 0. The highest BCUT2D eigenvalue weighted by atomic mass is 16.7. The van der Waals surface area contributed by atoms with Gasteiger partial charge in [-0.3, -0.25) is 4.79 Å². The summed E-state index contributed by atoms with van der Waals surface area (Å²) in [5, 5.41) is 212. The largest absolute Gasteiger partial charge is 0.462 e. The van der Waals surface area contributed by atoms with Gasteiger partial charge in [-0.25, -0.2) is 0 Å². The average Bonchev–Trinajstić information content (AvgIpc) is 0.809. The number of aliphatic hydroxyl groups is 19. The van der Waals surface area contributed by atoms with Gasteiger partial charge in [0.15, 0.2) is 6.29 Å². The number of hydrogen-bond acceptors (Lipinski definition) is 24. The van der Waals surface area contributed by atoms with Crippen LogP contribution in [0.4, 0.5) is 0 Å². The van der Waals surface area contributed by atoms with E-state index in [2.05, 4.69) is 6.92 Å². The SMILES string of the molecule is CC1=CC(C)C(O)C(C)=CC(O[C@H]2O[C@H](CO)[C@@H](O)[C@H](O)[C@@H]2O)C(O)C(C)C(O)CC(O)C=CC(C)C(O)C(C)CCC(O)CC(O)C(C)C(O)C(C)C(O)CC(O)CC(O)C(C)C(C(C)CC(C)CCC(O)CCCN)OC(=O)CCCCCC(O)C(C)C(O)C(C)CC=CC(C)C1O. The van der Waals surface area contributed by atoms with Crippen molar-refractivity contribution in [2.24, 2.45) is 76.7 Å². The third-order valence-corrected chi connectivity index (χ3v) is 22.1. The Labute approximate surface area is 597 Å². The summed E-state index contributed by atoms with van der Waals surface area (Å²) in [6.45, 7) is 24.0. The maximum absolute atomic E-state index is 13.7. The zero-order valence-corrected chi connectivity index (χ0v) is 62.7. The molecule has 24 nitrogen and oxygen atoms in total. The van der Waals surface area contributed by atoms with E-state index in [9.17, 15) is 102 Å². The van der Waals surface area contributed by atoms with Gasteiger partial charge in [-0.05, 0) is 139 Å². The number of aliphatic hydroxyl groups excluding tert-OH is 19. The number of ether oxygens (including phenoxy) is 3. The van der Waals surface area contributed by atoms with Crippen molar-refractivity contribution >= 4 is 5.97 Å². The van der Waals surface area contributed by atoms with Crippen LogP contribution < -0.4 is 5.73 Å². The van der Waals surface area contributed by atoms with Gasteiger partial charge in [0.2, 0.25) is 0 Å². The van der Waals surface area contributed by atoms with E-state index in [1.165, 1.54) is 19.1 Å². The molecule has 0 radical (unpaired) electrons. The number of nitrogens with two attached hydrogens (primary N) is 1. The van der Waals surface area contributed by atoms with E-state index in [1.54, 1.807) is 74.5 Å². The molecule has 0 aromatic carbocycles. The number of carbonyl (C=O) groups is 1. The fourth-order valence-electron chi connectivity index (χ4n) is 14.2. The molecule has 2 rings (SSSR count). The summed E-state index contributed by atoms with van der Waals surface area (Å²) < 4.78 is 17.9. The summed E-state index contributed by atoms with van der Waals surface area (Å²) >= 11 is 0. The van der Waals surface area contributed by atoms with Crippen molar-refractivity contribution in [2.75, 3.05) is 13.2 Å². The molecule has 29 unspecified atom stereocenters. The molecule has 0 aromatic heterocycles. The van der Waals surface area contributed by atoms with E-state index >= 15 is 0 Å². The molecule has 0 saturated carbocycles. The zero-order valence-electron chi connectivity index (χ0n) is 62.7. The van der Waals surface area contributed by atoms with Crippen LogP contribution in [0.1, 0.15) is 206 Å². The first kappa shape index (κ1) is 93.6. The first-order chi connectivity index (χ1) is 46.7. The fraction of sp³-hybridized carbons (Fsp3) is 0.882. The summed E-state index contributed by atoms with van der Waals surface area (Å²) in [6.07, 6.45) is -13.0. The van der Waals surface area contributed by atoms with Crippen molar-refractivity contribution in [1.82, 2.24) is 0 Å². The van der Waals surface area contributed by atoms with Crippen LogP contribution in [0.2, 0.25) is 0 Å². The standard InChI is InChI=1S/C76H141NO23/c1-40(25-28-54(79)22-19-31-77)32-48(9)75-53(14)62(87)38-57(82)37-61(86)51(12)70(93)50(11)59(84)35-55(80)29-26-43(4)66(89)44(5)27-30-56(81)36-60(85)52(13)71(94)63(98-76-74(97)73(96)72(95)64(39-78)99-76)34-47(8)68(91)46(7)33-45(6)67(90)41(2)20-18-21-42(3)69(92)49(10)58(83)23-16-15-17-24-65(88)100-75/h18,20,27,30,33-34,40-44,46,48-64,66-76,78-87,89-97H,15-17,19,21-26,28-29,31-32,35-39,77H2,1-14H3/t40?,41?,42?,43?,44?,46?,48?,49?,50?,51?,52?,53?,54?,55?,56?,57?,58?,59?,60?,61?,62?,63?,64-,66?,67?,68?,69?,70?,71?,72-,73+,74+,75?,76+/m1/s1. The van der Waals surface area contributed by atoms with Crippen LogP contribution in [-0.2, 0) is 19.0 Å². The summed E-state index contributed by atoms with van der Waals surface area (Å²) in [5.74, 6) is -6.85. The van der Waals surface area contributed by atoms with Crippen molar-refractivity contribution in [1.29, 1.82) is 0 Å². The highest BCUT2D eigenvalue weighted by Crippen LogP contribution is 2.34. The van der Waals surface area contributed by atoms with Crippen molar-refractivity contribution in [3.8, 4) is 0 Å². The minimum atomic E-state index is -1.88. The highest BCUT2D eigenvalue weighted by Gasteiger charge is 2.46. The van der Waals surface area contributed by atoms with Crippen LogP contribution in [0.25, 0.3) is 0 Å². The monoisotopic (exact) mass is 1440 g/mol. The predicted molar refractivity (Wildman–Crippen MR) is 382 cm³/mol. The number of allylic oxidation sites excluding steroid dienone is 1. The van der Waals surface area contributed by atoms with Crippen molar-refractivity contribution in [2.45, 2.75) is 341 Å². The quantitative estimate of drug-likeness (QED) is 0.0977. The topological polar surface area (TPSA) is 455 Å². The van der Waals surface area contributed by atoms with E-state index in [1.807, 2.05) is 32.9 Å². The van der Waals surface area contributed by atoms with Gasteiger partial charge in [0, 0.05) is 60.2 Å². The van der Waals surface area contributed by atoms with E-state index in [-0.39, 0.29) is 61.9 Å². The third-order valence-electron chi connectivity index (χ3n) is 22.1. The molecule has 0 aliphatic carbocycles. The second kappa shape index (κ2) is 47.3. The summed E-state index contributed by atoms with van der Waals surface area (Å²) in [5.41, 5.74) is 6.42. The van der Waals surface area contributed by atoms with Crippen LogP contribution in [0.5, 0.6) is 0 Å². The van der Waals surface area contributed by atoms with Gasteiger partial charge in [0.25, 0.3) is 0 Å². The minimum absolute atomic E-state index is 0.0653. The second-order valence-corrected chi connectivity index (χ2v) is 31.1. The van der Waals surface area contributed by atoms with E-state index in [0.29, 0.717) is 82.7 Å². The number of carbonyl (C=O) groups excluding carboxylic acids is 1. The Morgan fingerprint density at radius 3 is 1.68 bits per heavy atom. The molecule has 1 saturated heterocycles. The normalized spacial score (nSPS) is 42.4. The average molecular weight is 1440 g/mol. The number of rotatable bonds is 12. The Kier molecular flexibility index (Phi) is 44.3. The number of cyclic esters (lactones) is 1. The lowest BCUT2D eigenvalue weighted by atomic mass is 9.80. The number of esters is 1. The third kappa shape index (κ3) is 31.5. The van der Waals surface area contributed by atoms with Crippen LogP contribution in [-0.4, -0.2) is 251 Å². The molecule has 588 valence electrons. The maximum Gasteiger partial charge on any atom is 0.306 e. The van der Waals surface area contributed by atoms with Crippen molar-refractivity contribution in [3.63, 3.8) is 0 Å². The minimum Gasteiger partial charge on any atom is -0.462 e. The smallest absolute Gasteiger partial charge is 0.306 e. The van der Waals surface area contributed by atoms with Crippen molar-refractivity contribution < 1.29 is 116 Å². The second-order valence-electron chi connectivity index (χ2n) is 31.1. The molecule has 2 heterocycles. The molecule has 100 heavy (non-hydrogen) atoms. The zero-order chi connectivity index (χ0) is 76.2. The molecular formula is C76H141NO23. The predicted octanol–water partition coefficient (Wildman–Crippen LogP) is 3.74. The van der Waals surface area contributed by atoms with Gasteiger partial charge < -0.3 is 117 Å². The lowest BCUT2D eigenvalue weighted by Crippen LogP contribution is -2.60. The Balaban J connectivity index is 2.48. The first-order valence-corrected chi connectivity index (χ1v) is 37.5. The van der Waals surface area contributed by atoms with Crippen LogP contribution >= 0.6 is 0 Å². The summed E-state index contributed by atoms with van der Waals surface area (Å²) in [4.78, 5) is 13.7. The van der Waals surface area contributed by atoms with Crippen LogP contribution in [0.15, 0.2) is 47.6 Å². The fourth-order valence-corrected chi connectivity index (χ4v) is 14.2. The van der Waals surface area contributed by atoms with Crippen LogP contribution in [0, 0.1) is 71.0 Å². The van der Waals surface area contributed by atoms with Crippen molar-refractivity contribution in [3.05, 3.63) is 47.6 Å². The lowest BCUT2D eigenvalue weighted by molar-refractivity contribution is -0.314. The van der Waals surface area contributed by atoms with Gasteiger partial charge >= 0.3 is 5.97 Å². The molecule has 0 bridgehead atoms. The molecular weight excluding hydrogens is 1290 g/mol. The van der Waals surface area contributed by atoms with Gasteiger partial charge in [-0.2, -0.15) is 0 Å². The summed E-state index contributed by atoms with van der Waals surface area (Å²) in [7, 11) is 0. The van der Waals surface area contributed by atoms with Gasteiger partial charge in [0.05, 0.1) is 98.2 Å². The molecule has 24 heteroatoms. The van der Waals surface area contributed by atoms with Gasteiger partial charge in [-0.15, -0.1) is 0 Å². The van der Waals surface area contributed by atoms with E-state index in [0.717, 1.165) is 0 Å². The molecule has 2 aliphatic heterocycles. The molecule has 34 atom stereocenters. The van der Waals surface area contributed by atoms with E-state index < -0.39 is 200 Å². The first-order valence-electron chi connectivity index (χ1n) is 37.5. The molecule has 2 aliphatic rings. The Morgan fingerprint density at radius 1 is 0.530 bits per heavy atom. The van der Waals surface area contributed by atoms with Crippen LogP contribution in [0.3, 0.4) is 0 Å². The Morgan fingerprint density at radius 2 is 1.08 bits per heavy atom. The Hall–Kier alpha value is -2.45. The van der Waals surface area contributed by atoms with Gasteiger partial charge in [0.1, 0.15) is 36.6 Å². The Bertz CT molecular complexity index is 2330. The maximum atomic E-state index is 13.7. The number of hydrogen-bond donors (Lipinski definition) is 20.